The third-order valence-corrected chi connectivity index (χ3v) is 9.77. The maximum atomic E-state index is 14.4. The molecule has 11 nitrogen and oxygen atoms in total. The van der Waals surface area contributed by atoms with Crippen molar-refractivity contribution in [2.45, 2.75) is 90.0 Å². The molecule has 49 heavy (non-hydrogen) atoms. The highest BCUT2D eigenvalue weighted by molar-refractivity contribution is 5.96. The van der Waals surface area contributed by atoms with Gasteiger partial charge in [0.1, 0.15) is 24.2 Å². The number of amides is 4. The average molecular weight is 678 g/mol. The molecule has 0 spiro atoms. The molecule has 2 aromatic carbocycles. The minimum atomic E-state index is -1.08. The van der Waals surface area contributed by atoms with Crippen LogP contribution in [-0.2, 0) is 36.8 Å². The van der Waals surface area contributed by atoms with Gasteiger partial charge in [0.15, 0.2) is 0 Å². The lowest BCUT2D eigenvalue weighted by Crippen LogP contribution is -2.60. The van der Waals surface area contributed by atoms with Crippen molar-refractivity contribution in [3.8, 4) is 0 Å². The Hall–Kier alpha value is -4.25. The fourth-order valence-electron chi connectivity index (χ4n) is 6.79. The van der Waals surface area contributed by atoms with Crippen LogP contribution in [0.4, 0.5) is 0 Å². The van der Waals surface area contributed by atoms with E-state index >= 15 is 0 Å². The SMILES string of the molecule is CC[C@H](C)[C@@H](C(=O)O)N(C)C(=O)[C@@H]1CCCN1C(=O)[C@H](C(C)C)N(C)C(=O)[C@@H](Cc1ccccc1)NC(=O)[C@H](Cc1ccccc1)N(C)C. The second kappa shape index (κ2) is 17.9. The highest BCUT2D eigenvalue weighted by atomic mass is 16.4. The molecule has 0 aromatic heterocycles. The van der Waals surface area contributed by atoms with Crippen molar-refractivity contribution in [1.82, 2.24) is 24.9 Å². The van der Waals surface area contributed by atoms with Gasteiger partial charge < -0.3 is 25.1 Å². The maximum Gasteiger partial charge on any atom is 0.326 e. The molecule has 1 saturated heterocycles. The Morgan fingerprint density at radius 1 is 0.837 bits per heavy atom. The molecule has 0 unspecified atom stereocenters. The van der Waals surface area contributed by atoms with Crippen molar-refractivity contribution in [1.29, 1.82) is 0 Å². The molecule has 3 rings (SSSR count). The van der Waals surface area contributed by atoms with Crippen LogP contribution in [0.1, 0.15) is 58.1 Å². The summed E-state index contributed by atoms with van der Waals surface area (Å²) in [4.78, 5) is 74.4. The minimum absolute atomic E-state index is 0.224. The summed E-state index contributed by atoms with van der Waals surface area (Å²) in [5.74, 6) is -3.18. The van der Waals surface area contributed by atoms with Crippen LogP contribution in [0, 0.1) is 11.8 Å². The Morgan fingerprint density at radius 3 is 1.88 bits per heavy atom. The summed E-state index contributed by atoms with van der Waals surface area (Å²) < 4.78 is 0. The van der Waals surface area contributed by atoms with Crippen molar-refractivity contribution < 1.29 is 29.1 Å². The second-order valence-corrected chi connectivity index (χ2v) is 13.9. The zero-order chi connectivity index (χ0) is 36.4. The number of aliphatic carboxylic acids is 1. The molecule has 1 heterocycles. The normalized spacial score (nSPS) is 17.6. The fraction of sp³-hybridized carbons (Fsp3) is 0.553. The van der Waals surface area contributed by atoms with Gasteiger partial charge in [-0.1, -0.05) is 94.8 Å². The molecule has 1 aliphatic heterocycles. The summed E-state index contributed by atoms with van der Waals surface area (Å²) in [6.07, 6.45) is 2.24. The molecule has 268 valence electrons. The summed E-state index contributed by atoms with van der Waals surface area (Å²) in [6.45, 7) is 7.69. The third-order valence-electron chi connectivity index (χ3n) is 9.77. The molecule has 2 aromatic rings. The van der Waals surface area contributed by atoms with Crippen LogP contribution in [0.2, 0.25) is 0 Å². The predicted molar refractivity (Wildman–Crippen MR) is 189 cm³/mol. The Labute approximate surface area is 291 Å². The number of likely N-dealkylation sites (tertiary alicyclic amines) is 1. The number of hydrogen-bond acceptors (Lipinski definition) is 6. The second-order valence-electron chi connectivity index (χ2n) is 13.9. The molecule has 0 saturated carbocycles. The number of carboxylic acids is 1. The van der Waals surface area contributed by atoms with E-state index in [9.17, 15) is 29.1 Å². The van der Waals surface area contributed by atoms with Gasteiger partial charge >= 0.3 is 5.97 Å². The Morgan fingerprint density at radius 2 is 1.39 bits per heavy atom. The average Bonchev–Trinajstić information content (AvgIpc) is 3.56. The number of carbonyl (C=O) groups excluding carboxylic acids is 4. The van der Waals surface area contributed by atoms with E-state index < -0.39 is 48.0 Å². The number of nitrogens with one attached hydrogen (secondary N) is 1. The number of rotatable bonds is 16. The van der Waals surface area contributed by atoms with Crippen molar-refractivity contribution in [2.24, 2.45) is 11.8 Å². The topological polar surface area (TPSA) is 131 Å². The molecule has 0 bridgehead atoms. The van der Waals surface area contributed by atoms with E-state index in [0.717, 1.165) is 11.1 Å². The summed E-state index contributed by atoms with van der Waals surface area (Å²) in [5.41, 5.74) is 1.85. The van der Waals surface area contributed by atoms with Crippen LogP contribution in [0.5, 0.6) is 0 Å². The molecular formula is C38H55N5O6. The van der Waals surface area contributed by atoms with Gasteiger partial charge in [-0.2, -0.15) is 0 Å². The van der Waals surface area contributed by atoms with Crippen LogP contribution < -0.4 is 5.32 Å². The van der Waals surface area contributed by atoms with Gasteiger partial charge in [0.2, 0.25) is 23.6 Å². The van der Waals surface area contributed by atoms with Crippen molar-refractivity contribution >= 4 is 29.6 Å². The van der Waals surface area contributed by atoms with Crippen LogP contribution in [0.3, 0.4) is 0 Å². The van der Waals surface area contributed by atoms with E-state index in [1.165, 1.54) is 21.7 Å². The van der Waals surface area contributed by atoms with Crippen LogP contribution >= 0.6 is 0 Å². The molecular weight excluding hydrogens is 622 g/mol. The molecule has 1 fully saturated rings. The molecule has 11 heteroatoms. The lowest BCUT2D eigenvalue weighted by Gasteiger charge is -2.38. The lowest BCUT2D eigenvalue weighted by atomic mass is 9.96. The number of benzene rings is 2. The smallest absolute Gasteiger partial charge is 0.326 e. The van der Waals surface area contributed by atoms with Crippen molar-refractivity contribution in [2.75, 3.05) is 34.7 Å². The summed E-state index contributed by atoms with van der Waals surface area (Å²) in [5, 5.41) is 12.9. The molecule has 0 radical (unpaired) electrons. The monoisotopic (exact) mass is 677 g/mol. The number of carboxylic acid groups (broad SMARTS) is 1. The first-order chi connectivity index (χ1) is 23.2. The number of hydrogen-bond donors (Lipinski definition) is 2. The molecule has 2 N–H and O–H groups in total. The fourth-order valence-corrected chi connectivity index (χ4v) is 6.79. The van der Waals surface area contributed by atoms with E-state index in [-0.39, 0.29) is 30.1 Å². The van der Waals surface area contributed by atoms with Gasteiger partial charge in [0.25, 0.3) is 0 Å². The molecule has 4 amide bonds. The Bertz CT molecular complexity index is 1420. The van der Waals surface area contributed by atoms with E-state index in [1.807, 2.05) is 100 Å². The van der Waals surface area contributed by atoms with E-state index in [4.69, 9.17) is 0 Å². The molecule has 0 aliphatic carbocycles. The van der Waals surface area contributed by atoms with Gasteiger partial charge in [-0.15, -0.1) is 0 Å². The van der Waals surface area contributed by atoms with E-state index in [1.54, 1.807) is 14.0 Å². The summed E-state index contributed by atoms with van der Waals surface area (Å²) in [7, 11) is 6.71. The maximum absolute atomic E-state index is 14.4. The number of nitrogens with zero attached hydrogens (tertiary/aromatic N) is 4. The van der Waals surface area contributed by atoms with Gasteiger partial charge in [-0.05, 0) is 56.3 Å². The quantitative estimate of drug-likeness (QED) is 0.279. The zero-order valence-corrected chi connectivity index (χ0v) is 30.3. The molecule has 6 atom stereocenters. The number of likely N-dealkylation sites (N-methyl/N-ethyl adjacent to an activating group) is 3. The minimum Gasteiger partial charge on any atom is -0.480 e. The third kappa shape index (κ3) is 9.90. The first-order valence-electron chi connectivity index (χ1n) is 17.3. The largest absolute Gasteiger partial charge is 0.480 e. The Balaban J connectivity index is 1.89. The summed E-state index contributed by atoms with van der Waals surface area (Å²) in [6, 6.07) is 14.8. The van der Waals surface area contributed by atoms with Crippen LogP contribution in [0.25, 0.3) is 0 Å². The Kier molecular flexibility index (Phi) is 14.4. The zero-order valence-electron chi connectivity index (χ0n) is 30.3. The lowest BCUT2D eigenvalue weighted by molar-refractivity contribution is -0.156. The van der Waals surface area contributed by atoms with Crippen LogP contribution in [0.15, 0.2) is 60.7 Å². The number of carbonyl (C=O) groups is 5. The molecule has 1 aliphatic rings. The van der Waals surface area contributed by atoms with E-state index in [0.29, 0.717) is 32.2 Å². The van der Waals surface area contributed by atoms with E-state index in [2.05, 4.69) is 5.32 Å². The van der Waals surface area contributed by atoms with Crippen molar-refractivity contribution in [3.05, 3.63) is 71.8 Å². The first kappa shape index (κ1) is 39.2. The van der Waals surface area contributed by atoms with Gasteiger partial charge in [0, 0.05) is 27.1 Å². The predicted octanol–water partition coefficient (Wildman–Crippen LogP) is 3.32. The highest BCUT2D eigenvalue weighted by Gasteiger charge is 2.44. The van der Waals surface area contributed by atoms with Crippen molar-refractivity contribution in [3.63, 3.8) is 0 Å². The standard InChI is InChI=1S/C38H55N5O6/c1-9-26(4)33(38(48)49)42(8)36(46)30-21-16-22-43(30)37(47)32(25(2)3)41(7)35(45)29(23-27-17-12-10-13-18-27)39-34(44)31(40(5)6)24-28-19-14-11-15-20-28/h10-15,17-20,25-26,29-33H,9,16,21-24H2,1-8H3,(H,39,44)(H,48,49)/t26-,29+,30-,31-,32-,33-/m0/s1. The summed E-state index contributed by atoms with van der Waals surface area (Å²) >= 11 is 0. The highest BCUT2D eigenvalue weighted by Crippen LogP contribution is 2.26. The van der Waals surface area contributed by atoms with Gasteiger partial charge in [0.05, 0.1) is 6.04 Å². The van der Waals surface area contributed by atoms with Gasteiger partial charge in [-0.3, -0.25) is 24.1 Å². The van der Waals surface area contributed by atoms with Crippen LogP contribution in [-0.4, -0.2) is 119 Å². The first-order valence-corrected chi connectivity index (χ1v) is 17.3. The van der Waals surface area contributed by atoms with Gasteiger partial charge in [-0.25, -0.2) is 4.79 Å².